The molecule has 2 heterocycles. The zero-order valence-corrected chi connectivity index (χ0v) is 15.8. The van der Waals surface area contributed by atoms with E-state index in [0.29, 0.717) is 0 Å². The van der Waals surface area contributed by atoms with Crippen LogP contribution in [0.25, 0.3) is 27.6 Å². The average molecular weight is 481 g/mol. The summed E-state index contributed by atoms with van der Waals surface area (Å²) in [6.07, 6.45) is 0. The van der Waals surface area contributed by atoms with Crippen molar-refractivity contribution in [3.8, 4) is 0 Å². The van der Waals surface area contributed by atoms with Gasteiger partial charge in [-0.1, -0.05) is 44.4 Å². The number of nitrogens with zero attached hydrogens (tertiary/aromatic N) is 3. The topological polar surface area (TPSA) is 30.2 Å². The number of hydrogen-bond donors (Lipinski definition) is 0. The number of aromatic nitrogens is 3. The molecule has 0 bridgehead atoms. The SMILES string of the molecule is [CH2-]c1cccc2nc(C(C)(C)C)n3c4ccccc4nc3c12.[Ir]. The summed E-state index contributed by atoms with van der Waals surface area (Å²) in [6.45, 7) is 10.7. The maximum Gasteiger partial charge on any atom is 0.118 e. The van der Waals surface area contributed by atoms with Crippen molar-refractivity contribution in [2.24, 2.45) is 0 Å². The van der Waals surface area contributed by atoms with Gasteiger partial charge in [-0.2, -0.15) is 18.6 Å². The first kappa shape index (κ1) is 16.0. The van der Waals surface area contributed by atoms with Crippen LogP contribution in [0.15, 0.2) is 42.5 Å². The van der Waals surface area contributed by atoms with E-state index in [-0.39, 0.29) is 25.5 Å². The van der Waals surface area contributed by atoms with Gasteiger partial charge in [-0.05, 0) is 12.1 Å². The third-order valence-corrected chi connectivity index (χ3v) is 4.02. The molecule has 0 atom stereocenters. The Morgan fingerprint density at radius 1 is 0.913 bits per heavy atom. The van der Waals surface area contributed by atoms with Crippen molar-refractivity contribution in [2.75, 3.05) is 0 Å². The fraction of sp³-hybridized carbons (Fsp3) is 0.211. The molecule has 0 aliphatic rings. The monoisotopic (exact) mass is 481 g/mol. The summed E-state index contributed by atoms with van der Waals surface area (Å²) in [5, 5.41) is 1.03. The Hall–Kier alpha value is -1.90. The second kappa shape index (κ2) is 5.33. The maximum atomic E-state index is 4.94. The van der Waals surface area contributed by atoms with Gasteiger partial charge in [0.15, 0.2) is 0 Å². The summed E-state index contributed by atoms with van der Waals surface area (Å²) in [5.74, 6) is 1.02. The molecule has 4 aromatic rings. The van der Waals surface area contributed by atoms with Gasteiger partial charge in [0.05, 0.1) is 16.7 Å². The molecule has 0 saturated heterocycles. The van der Waals surface area contributed by atoms with Gasteiger partial charge in [-0.3, -0.25) is 4.40 Å². The fourth-order valence-corrected chi connectivity index (χ4v) is 3.01. The molecule has 4 heteroatoms. The molecule has 3 nitrogen and oxygen atoms in total. The van der Waals surface area contributed by atoms with Crippen molar-refractivity contribution in [1.82, 2.24) is 14.4 Å². The number of rotatable bonds is 0. The Morgan fingerprint density at radius 2 is 1.61 bits per heavy atom. The molecule has 1 radical (unpaired) electrons. The summed E-state index contributed by atoms with van der Waals surface area (Å²) in [7, 11) is 0. The van der Waals surface area contributed by atoms with E-state index in [1.165, 1.54) is 0 Å². The van der Waals surface area contributed by atoms with Crippen LogP contribution in [0.1, 0.15) is 32.2 Å². The largest absolute Gasteiger partial charge is 0.290 e. The predicted molar refractivity (Wildman–Crippen MR) is 91.2 cm³/mol. The van der Waals surface area contributed by atoms with E-state index in [1.807, 2.05) is 36.4 Å². The zero-order valence-electron chi connectivity index (χ0n) is 13.4. The average Bonchev–Trinajstić information content (AvgIpc) is 2.84. The van der Waals surface area contributed by atoms with Gasteiger partial charge in [-0.25, -0.2) is 9.97 Å². The van der Waals surface area contributed by atoms with Crippen molar-refractivity contribution in [3.05, 3.63) is 60.8 Å². The van der Waals surface area contributed by atoms with Crippen LogP contribution in [0.5, 0.6) is 0 Å². The zero-order chi connectivity index (χ0) is 15.5. The Labute approximate surface area is 149 Å². The fourth-order valence-electron chi connectivity index (χ4n) is 3.01. The summed E-state index contributed by atoms with van der Waals surface area (Å²) in [5.41, 5.74) is 4.88. The maximum absolute atomic E-state index is 4.94. The molecule has 0 aliphatic carbocycles. The molecular weight excluding hydrogens is 462 g/mol. The molecule has 0 spiro atoms. The second-order valence-electron chi connectivity index (χ2n) is 6.76. The Bertz CT molecular complexity index is 1030. The molecule has 4 rings (SSSR count). The van der Waals surface area contributed by atoms with Gasteiger partial charge in [0.25, 0.3) is 0 Å². The number of fused-ring (bicyclic) bond motifs is 5. The smallest absolute Gasteiger partial charge is 0.118 e. The van der Waals surface area contributed by atoms with E-state index < -0.39 is 0 Å². The molecule has 0 aliphatic heterocycles. The van der Waals surface area contributed by atoms with Crippen LogP contribution >= 0.6 is 0 Å². The number of hydrogen-bond acceptors (Lipinski definition) is 2. The molecule has 0 unspecified atom stereocenters. The molecule has 2 aromatic carbocycles. The molecule has 23 heavy (non-hydrogen) atoms. The van der Waals surface area contributed by atoms with E-state index in [1.54, 1.807) is 0 Å². The summed E-state index contributed by atoms with van der Waals surface area (Å²) in [6, 6.07) is 14.3. The minimum absolute atomic E-state index is 0. The minimum atomic E-state index is -0.0763. The van der Waals surface area contributed by atoms with Crippen LogP contribution in [0.2, 0.25) is 0 Å². The van der Waals surface area contributed by atoms with Crippen LogP contribution in [-0.4, -0.2) is 14.4 Å². The Balaban J connectivity index is 0.00000156. The molecule has 0 saturated carbocycles. The van der Waals surface area contributed by atoms with Crippen LogP contribution in [-0.2, 0) is 25.5 Å². The van der Waals surface area contributed by atoms with Gasteiger partial charge in [0.1, 0.15) is 5.82 Å². The standard InChI is InChI=1S/C19H18N3.Ir/c1-12-8-7-10-14-16(12)17-20-13-9-5-6-11-15(13)22(17)18(21-14)19(2,3)4;/h5-11H,1H2,2-4H3;/q-1;. The predicted octanol–water partition coefficient (Wildman–Crippen LogP) is 4.51. The quantitative estimate of drug-likeness (QED) is 0.347. The van der Waals surface area contributed by atoms with Crippen LogP contribution < -0.4 is 0 Å². The summed E-state index contributed by atoms with van der Waals surface area (Å²) < 4.78 is 2.19. The van der Waals surface area contributed by atoms with Gasteiger partial charge in [0.2, 0.25) is 0 Å². The third kappa shape index (κ3) is 2.34. The van der Waals surface area contributed by atoms with E-state index in [0.717, 1.165) is 39.0 Å². The molecule has 0 N–H and O–H groups in total. The first-order valence-electron chi connectivity index (χ1n) is 7.49. The summed E-state index contributed by atoms with van der Waals surface area (Å²) >= 11 is 0. The van der Waals surface area contributed by atoms with Crippen molar-refractivity contribution in [3.63, 3.8) is 0 Å². The number of para-hydroxylation sites is 2. The first-order chi connectivity index (χ1) is 10.5. The van der Waals surface area contributed by atoms with Crippen LogP contribution in [0, 0.1) is 6.92 Å². The van der Waals surface area contributed by atoms with Crippen molar-refractivity contribution in [2.45, 2.75) is 26.2 Å². The van der Waals surface area contributed by atoms with Gasteiger partial charge >= 0.3 is 0 Å². The van der Waals surface area contributed by atoms with Crippen molar-refractivity contribution >= 4 is 27.6 Å². The number of benzene rings is 2. The Kier molecular flexibility index (Phi) is 3.70. The van der Waals surface area contributed by atoms with Gasteiger partial charge in [0, 0.05) is 31.0 Å². The minimum Gasteiger partial charge on any atom is -0.290 e. The van der Waals surface area contributed by atoms with Crippen LogP contribution in [0.3, 0.4) is 0 Å². The Morgan fingerprint density at radius 3 is 2.35 bits per heavy atom. The van der Waals surface area contributed by atoms with E-state index in [2.05, 4.69) is 38.2 Å². The van der Waals surface area contributed by atoms with Crippen molar-refractivity contribution in [1.29, 1.82) is 0 Å². The van der Waals surface area contributed by atoms with E-state index in [4.69, 9.17) is 9.97 Å². The van der Waals surface area contributed by atoms with E-state index >= 15 is 0 Å². The van der Waals surface area contributed by atoms with Gasteiger partial charge in [-0.15, -0.1) is 6.07 Å². The van der Waals surface area contributed by atoms with Crippen molar-refractivity contribution < 1.29 is 20.1 Å². The molecule has 0 fully saturated rings. The van der Waals surface area contributed by atoms with E-state index in [9.17, 15) is 0 Å². The molecule has 2 aromatic heterocycles. The van der Waals surface area contributed by atoms with Gasteiger partial charge < -0.3 is 0 Å². The number of imidazole rings is 1. The molecule has 0 amide bonds. The molecular formula is C19H18IrN3-. The summed E-state index contributed by atoms with van der Waals surface area (Å²) in [4.78, 5) is 9.80. The van der Waals surface area contributed by atoms with Crippen LogP contribution in [0.4, 0.5) is 0 Å². The second-order valence-corrected chi connectivity index (χ2v) is 6.76. The third-order valence-electron chi connectivity index (χ3n) is 4.02. The normalized spacial score (nSPS) is 12.0. The first-order valence-corrected chi connectivity index (χ1v) is 7.49. The molecule has 119 valence electrons.